The van der Waals surface area contributed by atoms with E-state index in [1.165, 1.54) is 11.1 Å². The Morgan fingerprint density at radius 2 is 1.93 bits per heavy atom. The van der Waals surface area contributed by atoms with Crippen molar-refractivity contribution in [2.75, 3.05) is 45.9 Å². The second kappa shape index (κ2) is 7.89. The molecule has 0 spiro atoms. The lowest BCUT2D eigenvalue weighted by Crippen LogP contribution is -2.52. The van der Waals surface area contributed by atoms with E-state index in [2.05, 4.69) is 23.1 Å². The SMILES string of the molecule is CC(=O)N1CCC[C@H](C(=O)N2CCN(Cc3ccc4c(c3)CCO4)CC2)C1. The minimum Gasteiger partial charge on any atom is -0.493 e. The monoisotopic (exact) mass is 371 g/mol. The van der Waals surface area contributed by atoms with Gasteiger partial charge in [0.25, 0.3) is 0 Å². The van der Waals surface area contributed by atoms with Crippen LogP contribution in [-0.2, 0) is 22.6 Å². The fourth-order valence-corrected chi connectivity index (χ4v) is 4.45. The minimum absolute atomic E-state index is 0.0223. The highest BCUT2D eigenvalue weighted by atomic mass is 16.5. The van der Waals surface area contributed by atoms with Gasteiger partial charge in [0.05, 0.1) is 12.5 Å². The molecule has 1 aromatic rings. The van der Waals surface area contributed by atoms with Crippen LogP contribution in [0.3, 0.4) is 0 Å². The number of hydrogen-bond donors (Lipinski definition) is 0. The molecule has 2 saturated heterocycles. The van der Waals surface area contributed by atoms with Gasteiger partial charge >= 0.3 is 0 Å². The first-order valence-corrected chi connectivity index (χ1v) is 10.1. The number of hydrogen-bond acceptors (Lipinski definition) is 4. The maximum Gasteiger partial charge on any atom is 0.227 e. The zero-order chi connectivity index (χ0) is 18.8. The number of ether oxygens (including phenoxy) is 1. The zero-order valence-corrected chi connectivity index (χ0v) is 16.2. The van der Waals surface area contributed by atoms with Gasteiger partial charge in [-0.05, 0) is 30.0 Å². The van der Waals surface area contributed by atoms with Crippen LogP contribution >= 0.6 is 0 Å². The summed E-state index contributed by atoms with van der Waals surface area (Å²) in [5, 5.41) is 0. The fourth-order valence-electron chi connectivity index (χ4n) is 4.45. The summed E-state index contributed by atoms with van der Waals surface area (Å²) in [4.78, 5) is 30.7. The second-order valence-electron chi connectivity index (χ2n) is 7.95. The molecule has 0 N–H and O–H groups in total. The van der Waals surface area contributed by atoms with E-state index in [-0.39, 0.29) is 17.7 Å². The number of likely N-dealkylation sites (tertiary alicyclic amines) is 1. The summed E-state index contributed by atoms with van der Waals surface area (Å²) in [6, 6.07) is 6.50. The summed E-state index contributed by atoms with van der Waals surface area (Å²) in [6.07, 6.45) is 2.84. The average molecular weight is 371 g/mol. The number of amides is 2. The summed E-state index contributed by atoms with van der Waals surface area (Å²) in [7, 11) is 0. The van der Waals surface area contributed by atoms with Crippen LogP contribution in [0.4, 0.5) is 0 Å². The summed E-state index contributed by atoms with van der Waals surface area (Å²) < 4.78 is 5.58. The highest BCUT2D eigenvalue weighted by molar-refractivity contribution is 5.81. The fraction of sp³-hybridized carbons (Fsp3) is 0.619. The molecule has 0 aliphatic carbocycles. The van der Waals surface area contributed by atoms with Crippen molar-refractivity contribution in [3.63, 3.8) is 0 Å². The van der Waals surface area contributed by atoms with Crippen molar-refractivity contribution in [1.82, 2.24) is 14.7 Å². The van der Waals surface area contributed by atoms with E-state index in [9.17, 15) is 9.59 Å². The quantitative estimate of drug-likeness (QED) is 0.809. The lowest BCUT2D eigenvalue weighted by Gasteiger charge is -2.39. The summed E-state index contributed by atoms with van der Waals surface area (Å²) in [5.74, 6) is 1.32. The lowest BCUT2D eigenvalue weighted by atomic mass is 9.96. The molecule has 0 radical (unpaired) electrons. The van der Waals surface area contributed by atoms with Crippen LogP contribution in [0.5, 0.6) is 5.75 Å². The van der Waals surface area contributed by atoms with Crippen LogP contribution < -0.4 is 4.74 Å². The first-order valence-electron chi connectivity index (χ1n) is 10.1. The molecule has 3 heterocycles. The van der Waals surface area contributed by atoms with Crippen LogP contribution in [0.15, 0.2) is 18.2 Å². The molecule has 6 nitrogen and oxygen atoms in total. The predicted molar refractivity (Wildman–Crippen MR) is 102 cm³/mol. The Labute approximate surface area is 161 Å². The number of benzene rings is 1. The Morgan fingerprint density at radius 1 is 1.11 bits per heavy atom. The van der Waals surface area contributed by atoms with E-state index in [1.54, 1.807) is 6.92 Å². The Kier molecular flexibility index (Phi) is 5.34. The van der Waals surface area contributed by atoms with Gasteiger partial charge in [0.15, 0.2) is 0 Å². The molecule has 0 bridgehead atoms. The van der Waals surface area contributed by atoms with Crippen LogP contribution in [0.25, 0.3) is 0 Å². The van der Waals surface area contributed by atoms with Gasteiger partial charge in [0.1, 0.15) is 5.75 Å². The van der Waals surface area contributed by atoms with E-state index >= 15 is 0 Å². The maximum atomic E-state index is 12.9. The smallest absolute Gasteiger partial charge is 0.227 e. The first-order chi connectivity index (χ1) is 13.1. The van der Waals surface area contributed by atoms with Crippen LogP contribution in [0.2, 0.25) is 0 Å². The van der Waals surface area contributed by atoms with Gasteiger partial charge in [-0.2, -0.15) is 0 Å². The van der Waals surface area contributed by atoms with Crippen molar-refractivity contribution >= 4 is 11.8 Å². The molecule has 0 saturated carbocycles. The van der Waals surface area contributed by atoms with E-state index in [4.69, 9.17) is 4.74 Å². The van der Waals surface area contributed by atoms with E-state index < -0.39 is 0 Å². The number of nitrogens with zero attached hydrogens (tertiary/aromatic N) is 3. The summed E-state index contributed by atoms with van der Waals surface area (Å²) in [6.45, 7) is 8.07. The maximum absolute atomic E-state index is 12.9. The molecule has 2 amide bonds. The molecule has 3 aliphatic rings. The van der Waals surface area contributed by atoms with Crippen molar-refractivity contribution in [1.29, 1.82) is 0 Å². The normalized spacial score (nSPS) is 23.1. The third kappa shape index (κ3) is 4.10. The molecule has 4 rings (SSSR count). The number of rotatable bonds is 3. The number of carbonyl (C=O) groups excluding carboxylic acids is 2. The largest absolute Gasteiger partial charge is 0.493 e. The second-order valence-corrected chi connectivity index (χ2v) is 7.95. The van der Waals surface area contributed by atoms with Gasteiger partial charge < -0.3 is 14.5 Å². The highest BCUT2D eigenvalue weighted by Gasteiger charge is 2.31. The van der Waals surface area contributed by atoms with Gasteiger partial charge in [0, 0.05) is 59.2 Å². The van der Waals surface area contributed by atoms with Crippen molar-refractivity contribution in [2.45, 2.75) is 32.7 Å². The van der Waals surface area contributed by atoms with Crippen LogP contribution in [0, 0.1) is 5.92 Å². The van der Waals surface area contributed by atoms with E-state index in [1.807, 2.05) is 9.80 Å². The third-order valence-electron chi connectivity index (χ3n) is 6.06. The van der Waals surface area contributed by atoms with E-state index in [0.717, 1.165) is 70.9 Å². The van der Waals surface area contributed by atoms with Crippen molar-refractivity contribution < 1.29 is 14.3 Å². The van der Waals surface area contributed by atoms with Crippen LogP contribution in [-0.4, -0.2) is 72.4 Å². The molecular formula is C21H29N3O3. The highest BCUT2D eigenvalue weighted by Crippen LogP contribution is 2.26. The van der Waals surface area contributed by atoms with Gasteiger partial charge in [-0.25, -0.2) is 0 Å². The Bertz CT molecular complexity index is 713. The predicted octanol–water partition coefficient (Wildman–Crippen LogP) is 1.52. The summed E-state index contributed by atoms with van der Waals surface area (Å²) >= 11 is 0. The molecule has 2 fully saturated rings. The molecule has 6 heteroatoms. The molecule has 3 aliphatic heterocycles. The lowest BCUT2D eigenvalue weighted by molar-refractivity contribution is -0.141. The van der Waals surface area contributed by atoms with E-state index in [0.29, 0.717) is 6.54 Å². The topological polar surface area (TPSA) is 53.1 Å². The standard InChI is InChI=1S/C21H29N3O3/c1-16(25)24-7-2-3-19(15-24)21(26)23-10-8-22(9-11-23)14-17-4-5-20-18(13-17)6-12-27-20/h4-5,13,19H,2-3,6-12,14-15H2,1H3/t19-/m0/s1. The summed E-state index contributed by atoms with van der Waals surface area (Å²) in [5.41, 5.74) is 2.64. The Morgan fingerprint density at radius 3 is 2.70 bits per heavy atom. The number of carbonyl (C=O) groups is 2. The Balaban J connectivity index is 1.28. The molecule has 27 heavy (non-hydrogen) atoms. The third-order valence-corrected chi connectivity index (χ3v) is 6.06. The van der Waals surface area contributed by atoms with Gasteiger partial charge in [-0.3, -0.25) is 14.5 Å². The van der Waals surface area contributed by atoms with Gasteiger partial charge in [-0.15, -0.1) is 0 Å². The van der Waals surface area contributed by atoms with Crippen LogP contribution in [0.1, 0.15) is 30.9 Å². The van der Waals surface area contributed by atoms with Crippen molar-refractivity contribution in [3.05, 3.63) is 29.3 Å². The first kappa shape index (κ1) is 18.3. The Hall–Kier alpha value is -2.08. The average Bonchev–Trinajstić information content (AvgIpc) is 3.16. The zero-order valence-electron chi connectivity index (χ0n) is 16.2. The van der Waals surface area contributed by atoms with Crippen molar-refractivity contribution in [3.8, 4) is 5.75 Å². The molecule has 1 aromatic carbocycles. The van der Waals surface area contributed by atoms with Gasteiger partial charge in [-0.1, -0.05) is 12.1 Å². The molecular weight excluding hydrogens is 342 g/mol. The molecule has 1 atom stereocenters. The van der Waals surface area contributed by atoms with Crippen molar-refractivity contribution in [2.24, 2.45) is 5.92 Å². The number of piperazine rings is 1. The minimum atomic E-state index is -0.0223. The number of piperidine rings is 1. The van der Waals surface area contributed by atoms with Gasteiger partial charge in [0.2, 0.25) is 11.8 Å². The molecule has 0 aromatic heterocycles. The molecule has 146 valence electrons. The molecule has 0 unspecified atom stereocenters. The number of fused-ring (bicyclic) bond motifs is 1.